The smallest absolute Gasteiger partial charge is 0.321 e. The van der Waals surface area contributed by atoms with Gasteiger partial charge in [0.2, 0.25) is 0 Å². The van der Waals surface area contributed by atoms with Crippen LogP contribution in [0.2, 0.25) is 10.0 Å². The van der Waals surface area contributed by atoms with Crippen LogP contribution in [0.4, 0.5) is 10.5 Å². The van der Waals surface area contributed by atoms with Gasteiger partial charge in [-0.3, -0.25) is 0 Å². The highest BCUT2D eigenvalue weighted by molar-refractivity contribution is 6.35. The Balaban J connectivity index is 0.000000232. The summed E-state index contributed by atoms with van der Waals surface area (Å²) in [7, 11) is 1.84. The average molecular weight is 553 g/mol. The maximum Gasteiger partial charge on any atom is 0.321 e. The monoisotopic (exact) mass is 551 g/mol. The van der Waals surface area contributed by atoms with Crippen LogP contribution < -0.4 is 5.32 Å². The first-order chi connectivity index (χ1) is 18.5. The Morgan fingerprint density at radius 1 is 0.842 bits per heavy atom. The van der Waals surface area contributed by atoms with Crippen LogP contribution in [0.3, 0.4) is 0 Å². The Labute approximate surface area is 237 Å². The number of nitrogens with one attached hydrogen (secondary N) is 1. The molecule has 1 aliphatic carbocycles. The van der Waals surface area contributed by atoms with E-state index in [9.17, 15) is 4.79 Å². The van der Waals surface area contributed by atoms with E-state index in [0.29, 0.717) is 15.7 Å². The zero-order valence-electron chi connectivity index (χ0n) is 22.3. The number of amides is 2. The molecule has 0 radical (unpaired) electrons. The summed E-state index contributed by atoms with van der Waals surface area (Å²) in [6.45, 7) is 3.23. The van der Waals surface area contributed by atoms with E-state index in [4.69, 9.17) is 23.2 Å². The zero-order valence-corrected chi connectivity index (χ0v) is 23.8. The zero-order chi connectivity index (χ0) is 26.7. The molecule has 2 aliphatic rings. The van der Waals surface area contributed by atoms with Gasteiger partial charge in [-0.15, -0.1) is 0 Å². The van der Waals surface area contributed by atoms with E-state index in [0.717, 1.165) is 24.9 Å². The largest absolute Gasteiger partial charge is 0.328 e. The van der Waals surface area contributed by atoms with E-state index in [1.807, 2.05) is 19.2 Å². The highest BCUT2D eigenvalue weighted by Gasteiger charge is 2.27. The lowest BCUT2D eigenvalue weighted by molar-refractivity contribution is 0.127. The van der Waals surface area contributed by atoms with Crippen molar-refractivity contribution in [3.05, 3.63) is 88.9 Å². The molecule has 2 fully saturated rings. The fourth-order valence-electron chi connectivity index (χ4n) is 5.46. The molecule has 202 valence electrons. The quantitative estimate of drug-likeness (QED) is 0.332. The predicted molar refractivity (Wildman–Crippen MR) is 161 cm³/mol. The van der Waals surface area contributed by atoms with Crippen LogP contribution in [0.15, 0.2) is 78.9 Å². The summed E-state index contributed by atoms with van der Waals surface area (Å²) in [6, 6.07) is 26.6. The van der Waals surface area contributed by atoms with E-state index in [-0.39, 0.29) is 6.03 Å². The standard InChI is InChI=1S/C20H29Cl2N3O.C12H10/c1-24(20(26)23-18-13-16(21)12-17(22)14-18)9-6-15-7-10-25(11-8-15)19-4-2-3-5-19;1-3-7-11(8-4-1)12-9-5-2-6-10-12/h12-15,19H,2-11H2,1H3,(H,23,26);1-10H. The van der Waals surface area contributed by atoms with Gasteiger partial charge in [-0.1, -0.05) is 96.7 Å². The van der Waals surface area contributed by atoms with Gasteiger partial charge in [-0.2, -0.15) is 0 Å². The molecule has 1 saturated heterocycles. The molecule has 1 heterocycles. The number of carbonyl (C=O) groups excluding carboxylic acids is 1. The second-order valence-corrected chi connectivity index (χ2v) is 11.3. The molecular formula is C32H39Cl2N3O. The number of urea groups is 1. The number of nitrogens with zero attached hydrogens (tertiary/aromatic N) is 2. The fraction of sp³-hybridized carbons (Fsp3) is 0.406. The van der Waals surface area contributed by atoms with Crippen LogP contribution in [-0.2, 0) is 0 Å². The van der Waals surface area contributed by atoms with Crippen molar-refractivity contribution in [2.45, 2.75) is 51.0 Å². The molecule has 6 heteroatoms. The first kappa shape index (κ1) is 28.5. The van der Waals surface area contributed by atoms with Gasteiger partial charge < -0.3 is 15.1 Å². The number of anilines is 1. The maximum absolute atomic E-state index is 12.4. The van der Waals surface area contributed by atoms with Crippen LogP contribution >= 0.6 is 23.2 Å². The normalized spacial score (nSPS) is 16.5. The summed E-state index contributed by atoms with van der Waals surface area (Å²) in [4.78, 5) is 16.8. The van der Waals surface area contributed by atoms with Crippen molar-refractivity contribution in [2.75, 3.05) is 32.0 Å². The van der Waals surface area contributed by atoms with Gasteiger partial charge in [-0.05, 0) is 80.4 Å². The van der Waals surface area contributed by atoms with E-state index in [1.54, 1.807) is 23.1 Å². The number of likely N-dealkylation sites (tertiary alicyclic amines) is 1. The fourth-order valence-corrected chi connectivity index (χ4v) is 5.99. The van der Waals surface area contributed by atoms with Gasteiger partial charge in [0.05, 0.1) is 0 Å². The lowest BCUT2D eigenvalue weighted by Crippen LogP contribution is -2.41. The molecular weight excluding hydrogens is 513 g/mol. The molecule has 0 unspecified atom stereocenters. The molecule has 0 aromatic heterocycles. The minimum atomic E-state index is -0.119. The third-order valence-corrected chi connectivity index (χ3v) is 8.14. The maximum atomic E-state index is 12.4. The number of carbonyl (C=O) groups is 1. The summed E-state index contributed by atoms with van der Waals surface area (Å²) in [5.74, 6) is 0.725. The Bertz CT molecular complexity index is 1070. The molecule has 0 bridgehead atoms. The Kier molecular flexibility index (Phi) is 10.9. The second kappa shape index (κ2) is 14.6. The van der Waals surface area contributed by atoms with Crippen LogP contribution in [-0.4, -0.2) is 48.6 Å². The van der Waals surface area contributed by atoms with Crippen molar-refractivity contribution < 1.29 is 4.79 Å². The molecule has 0 atom stereocenters. The van der Waals surface area contributed by atoms with E-state index >= 15 is 0 Å². The van der Waals surface area contributed by atoms with Gasteiger partial charge in [-0.25, -0.2) is 4.79 Å². The first-order valence-electron chi connectivity index (χ1n) is 13.8. The highest BCUT2D eigenvalue weighted by atomic mass is 35.5. The van der Waals surface area contributed by atoms with Crippen molar-refractivity contribution in [3.8, 4) is 11.1 Å². The van der Waals surface area contributed by atoms with Crippen LogP contribution in [0.25, 0.3) is 11.1 Å². The van der Waals surface area contributed by atoms with E-state index in [1.165, 1.54) is 62.7 Å². The number of rotatable bonds is 6. The molecule has 4 nitrogen and oxygen atoms in total. The second-order valence-electron chi connectivity index (χ2n) is 10.4. The SMILES string of the molecule is CN(CCC1CCN(C2CCCC2)CC1)C(=O)Nc1cc(Cl)cc(Cl)c1.c1ccc(-c2ccccc2)cc1. The average Bonchev–Trinajstić information content (AvgIpc) is 3.48. The number of piperidine rings is 1. The predicted octanol–water partition coefficient (Wildman–Crippen LogP) is 8.86. The third-order valence-electron chi connectivity index (χ3n) is 7.70. The number of hydrogen-bond donors (Lipinski definition) is 1. The summed E-state index contributed by atoms with van der Waals surface area (Å²) in [5, 5.41) is 3.90. The van der Waals surface area contributed by atoms with Gasteiger partial charge in [0, 0.05) is 35.4 Å². The van der Waals surface area contributed by atoms with Crippen LogP contribution in [0, 0.1) is 5.92 Å². The topological polar surface area (TPSA) is 35.6 Å². The van der Waals surface area contributed by atoms with E-state index in [2.05, 4.69) is 58.7 Å². The van der Waals surface area contributed by atoms with Crippen LogP contribution in [0.1, 0.15) is 44.9 Å². The Hall–Kier alpha value is -2.53. The highest BCUT2D eigenvalue weighted by Crippen LogP contribution is 2.29. The molecule has 2 amide bonds. The Morgan fingerprint density at radius 3 is 1.89 bits per heavy atom. The van der Waals surface area contributed by atoms with Gasteiger partial charge in [0.1, 0.15) is 0 Å². The van der Waals surface area contributed by atoms with Gasteiger partial charge in [0.15, 0.2) is 0 Å². The molecule has 38 heavy (non-hydrogen) atoms. The molecule has 1 aliphatic heterocycles. The summed E-state index contributed by atoms with van der Waals surface area (Å²) in [6.07, 6.45) is 9.18. The molecule has 3 aromatic carbocycles. The van der Waals surface area contributed by atoms with Crippen LogP contribution in [0.5, 0.6) is 0 Å². The molecule has 1 N–H and O–H groups in total. The summed E-state index contributed by atoms with van der Waals surface area (Å²) >= 11 is 12.0. The van der Waals surface area contributed by atoms with Gasteiger partial charge in [0.25, 0.3) is 0 Å². The lowest BCUT2D eigenvalue weighted by Gasteiger charge is -2.36. The number of benzene rings is 3. The van der Waals surface area contributed by atoms with Crippen molar-refractivity contribution in [1.29, 1.82) is 0 Å². The minimum absolute atomic E-state index is 0.119. The lowest BCUT2D eigenvalue weighted by atomic mass is 9.92. The third kappa shape index (κ3) is 8.76. The van der Waals surface area contributed by atoms with Gasteiger partial charge >= 0.3 is 6.03 Å². The molecule has 1 saturated carbocycles. The van der Waals surface area contributed by atoms with Crippen molar-refractivity contribution in [1.82, 2.24) is 9.80 Å². The number of hydrogen-bond acceptors (Lipinski definition) is 2. The Morgan fingerprint density at radius 2 is 1.37 bits per heavy atom. The summed E-state index contributed by atoms with van der Waals surface area (Å²) in [5.41, 5.74) is 3.18. The van der Waals surface area contributed by atoms with Crippen molar-refractivity contribution in [3.63, 3.8) is 0 Å². The minimum Gasteiger partial charge on any atom is -0.328 e. The molecule has 5 rings (SSSR count). The van der Waals surface area contributed by atoms with E-state index < -0.39 is 0 Å². The van der Waals surface area contributed by atoms with Crippen molar-refractivity contribution in [2.24, 2.45) is 5.92 Å². The first-order valence-corrected chi connectivity index (χ1v) is 14.6. The number of halogens is 2. The molecule has 3 aromatic rings. The summed E-state index contributed by atoms with van der Waals surface area (Å²) < 4.78 is 0. The van der Waals surface area contributed by atoms with Crippen molar-refractivity contribution >= 4 is 34.9 Å². The molecule has 0 spiro atoms.